The van der Waals surface area contributed by atoms with Crippen LogP contribution in [0, 0.1) is 12.7 Å². The number of benzene rings is 1. The van der Waals surface area contributed by atoms with Gasteiger partial charge >= 0.3 is 0 Å². The molecule has 0 atom stereocenters. The van der Waals surface area contributed by atoms with E-state index in [0.717, 1.165) is 6.07 Å². The van der Waals surface area contributed by atoms with Crippen molar-refractivity contribution < 1.29 is 12.8 Å². The summed E-state index contributed by atoms with van der Waals surface area (Å²) in [6, 6.07) is 8.66. The van der Waals surface area contributed by atoms with Gasteiger partial charge in [-0.05, 0) is 36.8 Å². The first-order chi connectivity index (χ1) is 9.42. The van der Waals surface area contributed by atoms with Crippen molar-refractivity contribution in [2.45, 2.75) is 18.4 Å². The summed E-state index contributed by atoms with van der Waals surface area (Å²) in [6.45, 7) is 1.87. The third-order valence-electron chi connectivity index (χ3n) is 2.65. The monoisotopic (exact) mass is 295 g/mol. The van der Waals surface area contributed by atoms with Crippen LogP contribution in [-0.2, 0) is 16.6 Å². The van der Waals surface area contributed by atoms with Crippen molar-refractivity contribution in [1.82, 2.24) is 4.98 Å². The van der Waals surface area contributed by atoms with Crippen molar-refractivity contribution in [3.05, 3.63) is 53.5 Å². The summed E-state index contributed by atoms with van der Waals surface area (Å²) in [5.41, 5.74) is 6.56. The normalized spacial score (nSPS) is 11.3. The van der Waals surface area contributed by atoms with Gasteiger partial charge in [0.15, 0.2) is 0 Å². The van der Waals surface area contributed by atoms with Gasteiger partial charge in [0.1, 0.15) is 16.5 Å². The molecule has 0 spiro atoms. The Bertz CT molecular complexity index is 732. The van der Waals surface area contributed by atoms with Crippen LogP contribution in [0.4, 0.5) is 10.2 Å². The average Bonchev–Trinajstić information content (AvgIpc) is 2.37. The third kappa shape index (κ3) is 3.12. The first-order valence-electron chi connectivity index (χ1n) is 5.87. The molecular formula is C13H14FN3O2S. The number of sulfonamides is 1. The first kappa shape index (κ1) is 14.4. The molecule has 0 unspecified atom stereocenters. The molecule has 0 saturated heterocycles. The number of hydrogen-bond donors (Lipinski definition) is 2. The van der Waals surface area contributed by atoms with Crippen molar-refractivity contribution in [1.29, 1.82) is 0 Å². The number of nitrogens with two attached hydrogens (primary N) is 1. The number of halogens is 1. The standard InChI is InChI=1S/C13H14FN3O2S/c1-9-3-2-4-13(16-9)17-20(18,19)12-6-5-10(8-15)7-11(12)14/h2-7H,8,15H2,1H3,(H,16,17). The van der Waals surface area contributed by atoms with Gasteiger partial charge in [0.2, 0.25) is 0 Å². The van der Waals surface area contributed by atoms with Gasteiger partial charge in [0.25, 0.3) is 10.0 Å². The molecule has 7 heteroatoms. The topological polar surface area (TPSA) is 85.1 Å². The SMILES string of the molecule is Cc1cccc(NS(=O)(=O)c2ccc(CN)cc2F)n1. The van der Waals surface area contributed by atoms with E-state index in [4.69, 9.17) is 5.73 Å². The predicted octanol–water partition coefficient (Wildman–Crippen LogP) is 1.79. The maximum atomic E-state index is 13.8. The van der Waals surface area contributed by atoms with E-state index in [0.29, 0.717) is 11.3 Å². The smallest absolute Gasteiger partial charge is 0.265 e. The number of hydrogen-bond acceptors (Lipinski definition) is 4. The van der Waals surface area contributed by atoms with Crippen LogP contribution >= 0.6 is 0 Å². The molecule has 0 aliphatic heterocycles. The Morgan fingerprint density at radius 3 is 2.65 bits per heavy atom. The van der Waals surface area contributed by atoms with Crippen molar-refractivity contribution in [3.8, 4) is 0 Å². The zero-order valence-corrected chi connectivity index (χ0v) is 11.6. The fourth-order valence-corrected chi connectivity index (χ4v) is 2.74. The van der Waals surface area contributed by atoms with Crippen molar-refractivity contribution >= 4 is 15.8 Å². The van der Waals surface area contributed by atoms with Gasteiger partial charge < -0.3 is 5.73 Å². The highest BCUT2D eigenvalue weighted by Crippen LogP contribution is 2.19. The highest BCUT2D eigenvalue weighted by atomic mass is 32.2. The summed E-state index contributed by atoms with van der Waals surface area (Å²) in [7, 11) is -4.01. The lowest BCUT2D eigenvalue weighted by Crippen LogP contribution is -2.16. The highest BCUT2D eigenvalue weighted by Gasteiger charge is 2.19. The minimum absolute atomic E-state index is 0.143. The number of nitrogens with one attached hydrogen (secondary N) is 1. The molecule has 0 bridgehead atoms. The van der Waals surface area contributed by atoms with Crippen LogP contribution in [0.2, 0.25) is 0 Å². The van der Waals surface area contributed by atoms with Gasteiger partial charge in [-0.25, -0.2) is 17.8 Å². The van der Waals surface area contributed by atoms with E-state index in [1.54, 1.807) is 19.1 Å². The minimum Gasteiger partial charge on any atom is -0.326 e. The van der Waals surface area contributed by atoms with E-state index >= 15 is 0 Å². The zero-order valence-electron chi connectivity index (χ0n) is 10.8. The fraction of sp³-hybridized carbons (Fsp3) is 0.154. The number of nitrogens with zero attached hydrogens (tertiary/aromatic N) is 1. The molecule has 1 aromatic carbocycles. The molecule has 0 fully saturated rings. The van der Waals surface area contributed by atoms with E-state index in [9.17, 15) is 12.8 Å². The molecule has 20 heavy (non-hydrogen) atoms. The Morgan fingerprint density at radius 1 is 1.30 bits per heavy atom. The second-order valence-corrected chi connectivity index (χ2v) is 5.89. The highest BCUT2D eigenvalue weighted by molar-refractivity contribution is 7.92. The molecule has 106 valence electrons. The minimum atomic E-state index is -4.01. The molecule has 1 heterocycles. The molecule has 0 saturated carbocycles. The molecule has 2 rings (SSSR count). The Kier molecular flexibility index (Phi) is 4.01. The Labute approximate surface area is 116 Å². The lowest BCUT2D eigenvalue weighted by Gasteiger charge is -2.09. The van der Waals surface area contributed by atoms with Crippen LogP contribution in [0.1, 0.15) is 11.3 Å². The van der Waals surface area contributed by atoms with E-state index < -0.39 is 20.7 Å². The van der Waals surface area contributed by atoms with Crippen molar-refractivity contribution in [2.75, 3.05) is 4.72 Å². The number of rotatable bonds is 4. The van der Waals surface area contributed by atoms with E-state index in [2.05, 4.69) is 9.71 Å². The fourth-order valence-electron chi connectivity index (χ4n) is 1.68. The molecule has 0 radical (unpaired) electrons. The predicted molar refractivity (Wildman–Crippen MR) is 74.1 cm³/mol. The van der Waals surface area contributed by atoms with Crippen LogP contribution in [0.25, 0.3) is 0 Å². The quantitative estimate of drug-likeness (QED) is 0.900. The largest absolute Gasteiger partial charge is 0.326 e. The maximum absolute atomic E-state index is 13.8. The summed E-state index contributed by atoms with van der Waals surface area (Å²) in [5.74, 6) is -0.694. The lowest BCUT2D eigenvalue weighted by atomic mass is 10.2. The van der Waals surface area contributed by atoms with E-state index in [1.807, 2.05) is 0 Å². The van der Waals surface area contributed by atoms with Crippen molar-refractivity contribution in [3.63, 3.8) is 0 Å². The molecule has 0 aliphatic carbocycles. The van der Waals surface area contributed by atoms with Gasteiger partial charge in [0, 0.05) is 12.2 Å². The summed E-state index contributed by atoms with van der Waals surface area (Å²) in [4.78, 5) is 3.58. The lowest BCUT2D eigenvalue weighted by molar-refractivity contribution is 0.569. The van der Waals surface area contributed by atoms with Gasteiger partial charge in [0.05, 0.1) is 0 Å². The maximum Gasteiger partial charge on any atom is 0.265 e. The van der Waals surface area contributed by atoms with Crippen LogP contribution in [-0.4, -0.2) is 13.4 Å². The van der Waals surface area contributed by atoms with Crippen LogP contribution in [0.5, 0.6) is 0 Å². The molecule has 0 aliphatic rings. The molecular weight excluding hydrogens is 281 g/mol. The summed E-state index contributed by atoms with van der Waals surface area (Å²) < 4.78 is 40.3. The van der Waals surface area contributed by atoms with Crippen LogP contribution in [0.15, 0.2) is 41.3 Å². The summed E-state index contributed by atoms with van der Waals surface area (Å²) in [6.07, 6.45) is 0. The second-order valence-electron chi connectivity index (χ2n) is 4.24. The van der Waals surface area contributed by atoms with Crippen molar-refractivity contribution in [2.24, 2.45) is 5.73 Å². The first-order valence-corrected chi connectivity index (χ1v) is 7.35. The molecule has 2 aromatic rings. The molecule has 5 nitrogen and oxygen atoms in total. The summed E-state index contributed by atoms with van der Waals surface area (Å²) >= 11 is 0. The van der Waals surface area contributed by atoms with Crippen LogP contribution < -0.4 is 10.5 Å². The van der Waals surface area contributed by atoms with Crippen LogP contribution in [0.3, 0.4) is 0 Å². The molecule has 0 amide bonds. The molecule has 3 N–H and O–H groups in total. The Morgan fingerprint density at radius 2 is 2.05 bits per heavy atom. The number of aromatic nitrogens is 1. The Hall–Kier alpha value is -1.99. The van der Waals surface area contributed by atoms with Gasteiger partial charge in [-0.1, -0.05) is 12.1 Å². The zero-order chi connectivity index (χ0) is 14.8. The van der Waals surface area contributed by atoms with E-state index in [1.165, 1.54) is 18.2 Å². The molecule has 1 aromatic heterocycles. The number of anilines is 1. The van der Waals surface area contributed by atoms with Gasteiger partial charge in [-0.15, -0.1) is 0 Å². The Balaban J connectivity index is 2.36. The van der Waals surface area contributed by atoms with Gasteiger partial charge in [-0.3, -0.25) is 4.72 Å². The van der Waals surface area contributed by atoms with E-state index in [-0.39, 0.29) is 12.4 Å². The average molecular weight is 295 g/mol. The second kappa shape index (κ2) is 5.56. The number of pyridine rings is 1. The summed E-state index contributed by atoms with van der Waals surface area (Å²) in [5, 5.41) is 0. The van der Waals surface area contributed by atoms with Gasteiger partial charge in [-0.2, -0.15) is 0 Å². The third-order valence-corrected chi connectivity index (χ3v) is 4.04. The number of aryl methyl sites for hydroxylation is 1.